The number of ether oxygens (including phenoxy) is 4. The molecule has 1 N–H and O–H groups in total. The minimum absolute atomic E-state index is 0.0316. The molecule has 0 radical (unpaired) electrons. The number of benzene rings is 2. The third kappa shape index (κ3) is 3.95. The standard InChI is InChI=1S/C25H29N3O6/c1-15-19-13-22(32-3)21(31-2)10-16(19)6-7-27(15)25(30)26-17-11-24(29)28(14-17)18-4-5-20-23(12-18)34-9-8-33-20/h4-5,10,12-13,15,17H,6-9,11,14H2,1-3H3,(H,26,30). The summed E-state index contributed by atoms with van der Waals surface area (Å²) < 4.78 is 22.1. The third-order valence-electron chi connectivity index (χ3n) is 6.74. The first-order valence-electron chi connectivity index (χ1n) is 11.5. The minimum atomic E-state index is -0.271. The molecule has 9 nitrogen and oxygen atoms in total. The van der Waals surface area contributed by atoms with Gasteiger partial charge in [0, 0.05) is 31.3 Å². The van der Waals surface area contributed by atoms with Crippen molar-refractivity contribution < 1.29 is 28.5 Å². The largest absolute Gasteiger partial charge is 0.493 e. The number of nitrogens with one attached hydrogen (secondary N) is 1. The Kier molecular flexibility index (Phi) is 5.85. The summed E-state index contributed by atoms with van der Waals surface area (Å²) in [6.45, 7) is 4.00. The monoisotopic (exact) mass is 467 g/mol. The highest BCUT2D eigenvalue weighted by atomic mass is 16.6. The van der Waals surface area contributed by atoms with Crippen LogP contribution in [0.25, 0.3) is 0 Å². The molecular formula is C25H29N3O6. The molecule has 3 amide bonds. The van der Waals surface area contributed by atoms with Gasteiger partial charge in [0.2, 0.25) is 5.91 Å². The number of anilines is 1. The first-order chi connectivity index (χ1) is 16.5. The van der Waals surface area contributed by atoms with Crippen molar-refractivity contribution in [2.45, 2.75) is 31.8 Å². The molecule has 5 rings (SSSR count). The fourth-order valence-corrected chi connectivity index (χ4v) is 4.93. The average molecular weight is 468 g/mol. The van der Waals surface area contributed by atoms with Crippen LogP contribution in [0.4, 0.5) is 10.5 Å². The van der Waals surface area contributed by atoms with E-state index in [1.807, 2.05) is 42.2 Å². The Morgan fingerprint density at radius 3 is 2.56 bits per heavy atom. The van der Waals surface area contributed by atoms with Gasteiger partial charge in [0.05, 0.1) is 26.3 Å². The highest BCUT2D eigenvalue weighted by Crippen LogP contribution is 2.38. The van der Waals surface area contributed by atoms with Crippen molar-refractivity contribution in [1.82, 2.24) is 10.2 Å². The Morgan fingerprint density at radius 1 is 1.06 bits per heavy atom. The van der Waals surface area contributed by atoms with E-state index in [0.717, 1.165) is 23.2 Å². The number of fused-ring (bicyclic) bond motifs is 2. The van der Waals surface area contributed by atoms with Crippen LogP contribution < -0.4 is 29.2 Å². The quantitative estimate of drug-likeness (QED) is 0.744. The molecule has 2 aromatic carbocycles. The molecule has 0 bridgehead atoms. The van der Waals surface area contributed by atoms with E-state index in [0.29, 0.717) is 49.3 Å². The zero-order chi connectivity index (χ0) is 23.8. The van der Waals surface area contributed by atoms with Crippen LogP contribution in [0.5, 0.6) is 23.0 Å². The van der Waals surface area contributed by atoms with Gasteiger partial charge in [0.15, 0.2) is 23.0 Å². The van der Waals surface area contributed by atoms with Crippen molar-refractivity contribution >= 4 is 17.6 Å². The van der Waals surface area contributed by atoms with Crippen LogP contribution in [-0.2, 0) is 11.2 Å². The van der Waals surface area contributed by atoms with Crippen molar-refractivity contribution in [1.29, 1.82) is 0 Å². The Labute approximate surface area is 198 Å². The number of rotatable bonds is 4. The van der Waals surface area contributed by atoms with Crippen molar-refractivity contribution in [2.24, 2.45) is 0 Å². The second-order valence-electron chi connectivity index (χ2n) is 8.71. The maximum absolute atomic E-state index is 13.2. The van der Waals surface area contributed by atoms with Crippen LogP contribution >= 0.6 is 0 Å². The number of amides is 3. The fourth-order valence-electron chi connectivity index (χ4n) is 4.93. The molecular weight excluding hydrogens is 438 g/mol. The van der Waals surface area contributed by atoms with Crippen molar-refractivity contribution in [2.75, 3.05) is 45.4 Å². The lowest BCUT2D eigenvalue weighted by Crippen LogP contribution is -2.48. The zero-order valence-corrected chi connectivity index (χ0v) is 19.6. The molecule has 34 heavy (non-hydrogen) atoms. The van der Waals surface area contributed by atoms with Crippen LogP contribution in [0.15, 0.2) is 30.3 Å². The van der Waals surface area contributed by atoms with Gasteiger partial charge in [-0.1, -0.05) is 0 Å². The Bertz CT molecular complexity index is 1120. The molecule has 1 saturated heterocycles. The number of hydrogen-bond donors (Lipinski definition) is 1. The van der Waals surface area contributed by atoms with E-state index in [-0.39, 0.29) is 30.4 Å². The van der Waals surface area contributed by atoms with Gasteiger partial charge in [-0.25, -0.2) is 4.79 Å². The van der Waals surface area contributed by atoms with Crippen molar-refractivity contribution in [3.05, 3.63) is 41.5 Å². The number of carbonyl (C=O) groups is 2. The summed E-state index contributed by atoms with van der Waals surface area (Å²) in [4.78, 5) is 29.4. The molecule has 3 heterocycles. The van der Waals surface area contributed by atoms with E-state index in [1.165, 1.54) is 0 Å². The van der Waals surface area contributed by atoms with Gasteiger partial charge in [-0.2, -0.15) is 0 Å². The average Bonchev–Trinajstić information content (AvgIpc) is 3.22. The summed E-state index contributed by atoms with van der Waals surface area (Å²) in [5.74, 6) is 2.62. The Morgan fingerprint density at radius 2 is 1.79 bits per heavy atom. The van der Waals surface area contributed by atoms with E-state index in [1.54, 1.807) is 19.1 Å². The van der Waals surface area contributed by atoms with E-state index in [9.17, 15) is 9.59 Å². The van der Waals surface area contributed by atoms with Gasteiger partial charge in [-0.3, -0.25) is 4.79 Å². The molecule has 2 unspecified atom stereocenters. The smallest absolute Gasteiger partial charge is 0.318 e. The van der Waals surface area contributed by atoms with E-state index >= 15 is 0 Å². The molecule has 2 aromatic rings. The maximum Gasteiger partial charge on any atom is 0.318 e. The molecule has 0 aromatic heterocycles. The number of nitrogens with zero attached hydrogens (tertiary/aromatic N) is 2. The van der Waals surface area contributed by atoms with Crippen molar-refractivity contribution in [3.63, 3.8) is 0 Å². The lowest BCUT2D eigenvalue weighted by Gasteiger charge is -2.36. The first kappa shape index (κ1) is 22.2. The Hall–Kier alpha value is -3.62. The summed E-state index contributed by atoms with van der Waals surface area (Å²) in [6.07, 6.45) is 0.977. The van der Waals surface area contributed by atoms with Crippen LogP contribution in [0.2, 0.25) is 0 Å². The molecule has 0 spiro atoms. The predicted octanol–water partition coefficient (Wildman–Crippen LogP) is 2.91. The normalized spacial score (nSPS) is 21.2. The summed E-state index contributed by atoms with van der Waals surface area (Å²) in [5, 5.41) is 3.07. The first-order valence-corrected chi connectivity index (χ1v) is 11.5. The minimum Gasteiger partial charge on any atom is -0.493 e. The van der Waals surface area contributed by atoms with Crippen LogP contribution in [-0.4, -0.2) is 63.4 Å². The van der Waals surface area contributed by atoms with E-state index in [4.69, 9.17) is 18.9 Å². The molecule has 1 fully saturated rings. The summed E-state index contributed by atoms with van der Waals surface area (Å²) >= 11 is 0. The Balaban J connectivity index is 1.27. The molecule has 0 saturated carbocycles. The summed E-state index contributed by atoms with van der Waals surface area (Å²) in [6, 6.07) is 8.85. The second kappa shape index (κ2) is 8.96. The van der Waals surface area contributed by atoms with Crippen LogP contribution in [0.3, 0.4) is 0 Å². The van der Waals surface area contributed by atoms with Gasteiger partial charge >= 0.3 is 6.03 Å². The SMILES string of the molecule is COc1cc2c(cc1OC)C(C)N(C(=O)NC1CC(=O)N(c3ccc4c(c3)OCCO4)C1)CC2. The second-order valence-corrected chi connectivity index (χ2v) is 8.71. The molecule has 3 aliphatic rings. The van der Waals surface area contributed by atoms with Gasteiger partial charge in [-0.05, 0) is 48.7 Å². The molecule has 0 aliphatic carbocycles. The molecule has 3 aliphatic heterocycles. The van der Waals surface area contributed by atoms with Gasteiger partial charge in [0.1, 0.15) is 13.2 Å². The van der Waals surface area contributed by atoms with Crippen LogP contribution in [0.1, 0.15) is 30.5 Å². The van der Waals surface area contributed by atoms with Gasteiger partial charge < -0.3 is 34.1 Å². The zero-order valence-electron chi connectivity index (χ0n) is 19.6. The fraction of sp³-hybridized carbons (Fsp3) is 0.440. The summed E-state index contributed by atoms with van der Waals surface area (Å²) in [7, 11) is 3.22. The van der Waals surface area contributed by atoms with E-state index < -0.39 is 0 Å². The predicted molar refractivity (Wildman–Crippen MR) is 125 cm³/mol. The molecule has 180 valence electrons. The highest BCUT2D eigenvalue weighted by molar-refractivity contribution is 5.97. The van der Waals surface area contributed by atoms with Crippen LogP contribution in [0, 0.1) is 0 Å². The van der Waals surface area contributed by atoms with Gasteiger partial charge in [0.25, 0.3) is 0 Å². The number of methoxy groups -OCH3 is 2. The summed E-state index contributed by atoms with van der Waals surface area (Å²) in [5.41, 5.74) is 2.93. The maximum atomic E-state index is 13.2. The lowest BCUT2D eigenvalue weighted by molar-refractivity contribution is -0.117. The molecule has 9 heteroatoms. The highest BCUT2D eigenvalue weighted by Gasteiger charge is 2.35. The number of carbonyl (C=O) groups excluding carboxylic acids is 2. The van der Waals surface area contributed by atoms with E-state index in [2.05, 4.69) is 5.32 Å². The molecule has 2 atom stereocenters. The van der Waals surface area contributed by atoms with Gasteiger partial charge in [-0.15, -0.1) is 0 Å². The number of urea groups is 1. The number of hydrogen-bond acceptors (Lipinski definition) is 6. The third-order valence-corrected chi connectivity index (χ3v) is 6.74. The lowest BCUT2D eigenvalue weighted by atomic mass is 9.93. The van der Waals surface area contributed by atoms with Crippen molar-refractivity contribution in [3.8, 4) is 23.0 Å². The topological polar surface area (TPSA) is 89.6 Å².